The van der Waals surface area contributed by atoms with Crippen LogP contribution in [0.4, 0.5) is 4.79 Å². The van der Waals surface area contributed by atoms with E-state index < -0.39 is 21.4 Å². The van der Waals surface area contributed by atoms with E-state index in [2.05, 4.69) is 0 Å². The van der Waals surface area contributed by atoms with Crippen LogP contribution in [0, 0.1) is 5.92 Å². The lowest BCUT2D eigenvalue weighted by Crippen LogP contribution is -2.37. The van der Waals surface area contributed by atoms with Gasteiger partial charge in [-0.1, -0.05) is 26.2 Å². The molecule has 18 heavy (non-hydrogen) atoms. The minimum Gasteiger partial charge on any atom is -0.449 e. The van der Waals surface area contributed by atoms with Gasteiger partial charge in [-0.15, -0.1) is 0 Å². The summed E-state index contributed by atoms with van der Waals surface area (Å²) in [5, 5.41) is -0.584. The van der Waals surface area contributed by atoms with E-state index in [1.165, 1.54) is 19.3 Å². The number of carbonyl (C=O) groups is 1. The largest absolute Gasteiger partial charge is 0.449 e. The zero-order valence-electron chi connectivity index (χ0n) is 11.1. The molecule has 1 rings (SSSR count). The molecule has 1 aliphatic carbocycles. The molecule has 0 heterocycles. The second-order valence-corrected chi connectivity index (χ2v) is 7.07. The Morgan fingerprint density at radius 2 is 1.94 bits per heavy atom. The molecule has 1 saturated carbocycles. The molecule has 0 aromatic carbocycles. The van der Waals surface area contributed by atoms with Gasteiger partial charge in [-0.3, -0.25) is 0 Å². The third-order valence-electron chi connectivity index (χ3n) is 3.51. The first kappa shape index (κ1) is 15.3. The summed E-state index contributed by atoms with van der Waals surface area (Å²) in [6.45, 7) is 3.65. The van der Waals surface area contributed by atoms with Crippen LogP contribution >= 0.6 is 0 Å². The van der Waals surface area contributed by atoms with Gasteiger partial charge in [0.05, 0.1) is 11.9 Å². The maximum absolute atomic E-state index is 11.6. The zero-order chi connectivity index (χ0) is 13.6. The smallest absolute Gasteiger partial charge is 0.420 e. The molecule has 1 amide bonds. The summed E-state index contributed by atoms with van der Waals surface area (Å²) in [5.41, 5.74) is 0. The van der Waals surface area contributed by atoms with Gasteiger partial charge in [-0.2, -0.15) is 0 Å². The summed E-state index contributed by atoms with van der Waals surface area (Å²) in [5.74, 6) is 0.385. The Morgan fingerprint density at radius 1 is 1.33 bits per heavy atom. The average molecular weight is 277 g/mol. The minimum absolute atomic E-state index is 0.321. The van der Waals surface area contributed by atoms with Crippen molar-refractivity contribution >= 4 is 16.1 Å². The van der Waals surface area contributed by atoms with Crippen molar-refractivity contribution in [3.05, 3.63) is 0 Å². The number of amides is 1. The predicted molar refractivity (Wildman–Crippen MR) is 69.7 cm³/mol. The molecule has 5 nitrogen and oxygen atoms in total. The summed E-state index contributed by atoms with van der Waals surface area (Å²) in [7, 11) is -3.59. The number of ether oxygens (including phenoxy) is 1. The van der Waals surface area contributed by atoms with Crippen molar-refractivity contribution < 1.29 is 17.9 Å². The number of sulfonamides is 1. The van der Waals surface area contributed by atoms with Crippen LogP contribution in [0.25, 0.3) is 0 Å². The van der Waals surface area contributed by atoms with E-state index in [1.54, 1.807) is 13.8 Å². The Balaban J connectivity index is 2.32. The van der Waals surface area contributed by atoms with Crippen LogP contribution in [0.1, 0.15) is 52.4 Å². The number of rotatable bonds is 5. The highest BCUT2D eigenvalue weighted by Crippen LogP contribution is 2.23. The standard InChI is InChI=1S/C12H23NO4S/c1-3-10(2)18(15,16)13-12(14)17-9-11-7-5-4-6-8-11/h10-11H,3-9H2,1-2H3,(H,13,14). The van der Waals surface area contributed by atoms with Gasteiger partial charge in [-0.05, 0) is 32.1 Å². The van der Waals surface area contributed by atoms with Gasteiger partial charge >= 0.3 is 6.09 Å². The molecule has 1 aliphatic rings. The zero-order valence-corrected chi connectivity index (χ0v) is 12.0. The molecular weight excluding hydrogens is 254 g/mol. The van der Waals surface area contributed by atoms with Crippen molar-refractivity contribution in [3.63, 3.8) is 0 Å². The van der Waals surface area contributed by atoms with Crippen molar-refractivity contribution in [1.29, 1.82) is 0 Å². The molecular formula is C12H23NO4S. The molecule has 1 fully saturated rings. The maximum Gasteiger partial charge on any atom is 0.420 e. The quantitative estimate of drug-likeness (QED) is 0.837. The van der Waals surface area contributed by atoms with Gasteiger partial charge in [0, 0.05) is 0 Å². The minimum atomic E-state index is -3.59. The van der Waals surface area contributed by atoms with Crippen molar-refractivity contribution in [2.45, 2.75) is 57.6 Å². The third-order valence-corrected chi connectivity index (χ3v) is 5.35. The first-order chi connectivity index (χ1) is 8.45. The Bertz CT molecular complexity index is 360. The van der Waals surface area contributed by atoms with Gasteiger partial charge in [0.25, 0.3) is 0 Å². The van der Waals surface area contributed by atoms with Crippen molar-refractivity contribution in [1.82, 2.24) is 4.72 Å². The summed E-state index contributed by atoms with van der Waals surface area (Å²) < 4.78 is 30.2. The highest BCUT2D eigenvalue weighted by molar-refractivity contribution is 7.90. The van der Waals surface area contributed by atoms with Crippen molar-refractivity contribution in [2.24, 2.45) is 5.92 Å². The Labute approximate surface area is 109 Å². The molecule has 0 aromatic rings. The molecule has 0 aliphatic heterocycles. The molecule has 0 bridgehead atoms. The fraction of sp³-hybridized carbons (Fsp3) is 0.917. The Hall–Kier alpha value is -0.780. The van der Waals surface area contributed by atoms with E-state index in [-0.39, 0.29) is 0 Å². The lowest BCUT2D eigenvalue weighted by molar-refractivity contribution is 0.121. The summed E-state index contributed by atoms with van der Waals surface area (Å²) in [6, 6.07) is 0. The van der Waals surface area contributed by atoms with Crippen molar-refractivity contribution in [2.75, 3.05) is 6.61 Å². The van der Waals surface area contributed by atoms with Crippen LogP contribution in [-0.2, 0) is 14.8 Å². The fourth-order valence-electron chi connectivity index (χ4n) is 2.01. The average Bonchev–Trinajstić information content (AvgIpc) is 2.36. The fourth-order valence-corrected chi connectivity index (χ4v) is 2.94. The van der Waals surface area contributed by atoms with E-state index in [9.17, 15) is 13.2 Å². The summed E-state index contributed by atoms with van der Waals surface area (Å²) >= 11 is 0. The molecule has 6 heteroatoms. The topological polar surface area (TPSA) is 72.5 Å². The molecule has 1 atom stereocenters. The van der Waals surface area contributed by atoms with Gasteiger partial charge in [0.1, 0.15) is 0 Å². The van der Waals surface area contributed by atoms with Crippen LogP contribution in [0.15, 0.2) is 0 Å². The Morgan fingerprint density at radius 3 is 2.50 bits per heavy atom. The molecule has 0 spiro atoms. The molecule has 106 valence electrons. The van der Waals surface area contributed by atoms with Crippen LogP contribution < -0.4 is 4.72 Å². The van der Waals surface area contributed by atoms with Gasteiger partial charge in [0.15, 0.2) is 0 Å². The third kappa shape index (κ3) is 4.84. The SMILES string of the molecule is CCC(C)S(=O)(=O)NC(=O)OCC1CCCCC1. The maximum atomic E-state index is 11.6. The highest BCUT2D eigenvalue weighted by atomic mass is 32.2. The highest BCUT2D eigenvalue weighted by Gasteiger charge is 2.23. The number of carbonyl (C=O) groups excluding carboxylic acids is 1. The molecule has 0 saturated heterocycles. The van der Waals surface area contributed by atoms with E-state index in [0.29, 0.717) is 18.9 Å². The Kier molecular flexibility index (Phi) is 5.91. The molecule has 0 radical (unpaired) electrons. The van der Waals surface area contributed by atoms with Gasteiger partial charge < -0.3 is 4.74 Å². The van der Waals surface area contributed by atoms with Gasteiger partial charge in [-0.25, -0.2) is 17.9 Å². The van der Waals surface area contributed by atoms with E-state index in [0.717, 1.165) is 12.8 Å². The van der Waals surface area contributed by atoms with Crippen LogP contribution in [-0.4, -0.2) is 26.4 Å². The normalized spacial score (nSPS) is 19.2. The van der Waals surface area contributed by atoms with Crippen LogP contribution in [0.2, 0.25) is 0 Å². The summed E-state index contributed by atoms with van der Waals surface area (Å²) in [6.07, 6.45) is 5.32. The first-order valence-electron chi connectivity index (χ1n) is 6.64. The lowest BCUT2D eigenvalue weighted by Gasteiger charge is -2.21. The van der Waals surface area contributed by atoms with Crippen molar-refractivity contribution in [3.8, 4) is 0 Å². The second kappa shape index (κ2) is 6.97. The first-order valence-corrected chi connectivity index (χ1v) is 8.18. The van der Waals surface area contributed by atoms with E-state index in [4.69, 9.17) is 4.74 Å². The number of nitrogens with one attached hydrogen (secondary N) is 1. The molecule has 1 N–H and O–H groups in total. The van der Waals surface area contributed by atoms with E-state index in [1.807, 2.05) is 4.72 Å². The number of hydrogen-bond donors (Lipinski definition) is 1. The monoisotopic (exact) mass is 277 g/mol. The molecule has 0 aromatic heterocycles. The second-order valence-electron chi connectivity index (χ2n) is 4.97. The van der Waals surface area contributed by atoms with E-state index >= 15 is 0 Å². The van der Waals surface area contributed by atoms with Gasteiger partial charge in [0.2, 0.25) is 10.0 Å². The predicted octanol–water partition coefficient (Wildman–Crippen LogP) is 2.42. The summed E-state index contributed by atoms with van der Waals surface area (Å²) in [4.78, 5) is 11.4. The molecule has 1 unspecified atom stereocenters. The van der Waals surface area contributed by atoms with Crippen LogP contribution in [0.5, 0.6) is 0 Å². The van der Waals surface area contributed by atoms with Crippen LogP contribution in [0.3, 0.4) is 0 Å². The lowest BCUT2D eigenvalue weighted by atomic mass is 9.90. The number of hydrogen-bond acceptors (Lipinski definition) is 4.